The Balaban J connectivity index is 0.00000353. The lowest BCUT2D eigenvalue weighted by Gasteiger charge is -2.35. The monoisotopic (exact) mass is 594 g/mol. The molecule has 224 valence electrons. The van der Waals surface area contributed by atoms with Crippen LogP contribution in [0.3, 0.4) is 0 Å². The smallest absolute Gasteiger partial charge is 0.315 e. The van der Waals surface area contributed by atoms with Gasteiger partial charge in [0, 0.05) is 80.9 Å². The minimum absolute atomic E-state index is 0. The molecule has 2 N–H and O–H groups in total. The first-order chi connectivity index (χ1) is 19.8. The average molecular weight is 595 g/mol. The van der Waals surface area contributed by atoms with Crippen molar-refractivity contribution < 1.29 is 9.32 Å². The Bertz CT molecular complexity index is 1500. The molecular formula is C29H39ClN10O2. The lowest BCUT2D eigenvalue weighted by molar-refractivity contribution is 0.0877. The number of aromatic nitrogens is 6. The summed E-state index contributed by atoms with van der Waals surface area (Å²) >= 11 is 0. The highest BCUT2D eigenvalue weighted by molar-refractivity contribution is 5.89. The second-order valence-corrected chi connectivity index (χ2v) is 12.0. The van der Waals surface area contributed by atoms with Crippen molar-refractivity contribution in [2.24, 2.45) is 5.92 Å². The molecule has 1 atom stereocenters. The number of hydrogen-bond acceptors (Lipinski definition) is 10. The van der Waals surface area contributed by atoms with Crippen molar-refractivity contribution in [2.75, 3.05) is 49.1 Å². The topological polar surface area (TPSA) is 130 Å². The van der Waals surface area contributed by atoms with E-state index in [2.05, 4.69) is 47.7 Å². The lowest BCUT2D eigenvalue weighted by Crippen LogP contribution is -2.44. The van der Waals surface area contributed by atoms with Crippen LogP contribution in [0.25, 0.3) is 16.9 Å². The molecule has 2 aliphatic heterocycles. The number of fused-ring (bicyclic) bond motifs is 1. The van der Waals surface area contributed by atoms with Crippen molar-refractivity contribution in [2.45, 2.75) is 52.0 Å². The minimum Gasteiger partial charge on any atom is -0.354 e. The van der Waals surface area contributed by atoms with Crippen LogP contribution in [0.5, 0.6) is 0 Å². The number of nitrogens with zero attached hydrogens (tertiary/aromatic N) is 8. The Morgan fingerprint density at radius 3 is 2.50 bits per heavy atom. The van der Waals surface area contributed by atoms with Gasteiger partial charge in [0.05, 0.1) is 5.69 Å². The third kappa shape index (κ3) is 6.19. The first kappa shape index (κ1) is 29.7. The molecule has 2 fully saturated rings. The average Bonchev–Trinajstić information content (AvgIpc) is 3.68. The fourth-order valence-corrected chi connectivity index (χ4v) is 5.50. The van der Waals surface area contributed by atoms with Gasteiger partial charge in [-0.25, -0.2) is 15.0 Å². The van der Waals surface area contributed by atoms with E-state index in [1.807, 2.05) is 56.8 Å². The lowest BCUT2D eigenvalue weighted by atomic mass is 9.90. The molecular weight excluding hydrogens is 556 g/mol. The van der Waals surface area contributed by atoms with Gasteiger partial charge in [-0.1, -0.05) is 25.9 Å². The van der Waals surface area contributed by atoms with Crippen molar-refractivity contribution in [3.63, 3.8) is 0 Å². The van der Waals surface area contributed by atoms with Gasteiger partial charge < -0.3 is 25.0 Å². The highest BCUT2D eigenvalue weighted by Crippen LogP contribution is 2.28. The number of anilines is 2. The summed E-state index contributed by atoms with van der Waals surface area (Å²) in [6, 6.07) is 6.16. The van der Waals surface area contributed by atoms with E-state index >= 15 is 0 Å². The fraction of sp³-hybridized carbons (Fsp3) is 0.517. The van der Waals surface area contributed by atoms with Gasteiger partial charge in [-0.15, -0.1) is 12.4 Å². The summed E-state index contributed by atoms with van der Waals surface area (Å²) in [7, 11) is 0. The van der Waals surface area contributed by atoms with Gasteiger partial charge in [-0.3, -0.25) is 9.20 Å². The fourth-order valence-electron chi connectivity index (χ4n) is 5.50. The predicted octanol–water partition coefficient (Wildman–Crippen LogP) is 3.34. The molecule has 42 heavy (non-hydrogen) atoms. The molecule has 1 amide bonds. The molecule has 0 unspecified atom stereocenters. The predicted molar refractivity (Wildman–Crippen MR) is 163 cm³/mol. The zero-order valence-corrected chi connectivity index (χ0v) is 25.4. The highest BCUT2D eigenvalue weighted by atomic mass is 35.5. The number of piperazine rings is 1. The van der Waals surface area contributed by atoms with Crippen LogP contribution in [-0.4, -0.2) is 80.7 Å². The van der Waals surface area contributed by atoms with E-state index in [1.165, 1.54) is 0 Å². The molecule has 0 spiro atoms. The van der Waals surface area contributed by atoms with E-state index in [4.69, 9.17) is 14.5 Å². The van der Waals surface area contributed by atoms with Crippen LogP contribution in [-0.2, 0) is 5.41 Å². The van der Waals surface area contributed by atoms with Crippen LogP contribution >= 0.6 is 12.4 Å². The van der Waals surface area contributed by atoms with Gasteiger partial charge in [0.1, 0.15) is 11.5 Å². The van der Waals surface area contributed by atoms with E-state index in [1.54, 1.807) is 0 Å². The number of carbonyl (C=O) groups excluding carboxylic acids is 1. The first-order valence-electron chi connectivity index (χ1n) is 14.4. The summed E-state index contributed by atoms with van der Waals surface area (Å²) in [5, 5.41) is 10.4. The van der Waals surface area contributed by atoms with Crippen LogP contribution in [0.1, 0.15) is 57.0 Å². The van der Waals surface area contributed by atoms with E-state index in [-0.39, 0.29) is 35.7 Å². The number of imidazole rings is 1. The van der Waals surface area contributed by atoms with Gasteiger partial charge in [-0.05, 0) is 37.8 Å². The van der Waals surface area contributed by atoms with Gasteiger partial charge in [0.25, 0.3) is 0 Å². The van der Waals surface area contributed by atoms with Gasteiger partial charge in [0.15, 0.2) is 5.82 Å². The summed E-state index contributed by atoms with van der Waals surface area (Å²) in [5.41, 5.74) is 2.40. The second-order valence-electron chi connectivity index (χ2n) is 12.0. The maximum absolute atomic E-state index is 12.8. The Hall–Kier alpha value is -3.77. The van der Waals surface area contributed by atoms with Crippen molar-refractivity contribution >= 4 is 35.7 Å². The Labute approximate surface area is 251 Å². The van der Waals surface area contributed by atoms with Crippen molar-refractivity contribution in [3.05, 3.63) is 48.5 Å². The molecule has 0 aliphatic carbocycles. The van der Waals surface area contributed by atoms with Crippen LogP contribution in [0.2, 0.25) is 0 Å². The molecule has 6 rings (SSSR count). The van der Waals surface area contributed by atoms with Gasteiger partial charge in [0.2, 0.25) is 5.95 Å². The van der Waals surface area contributed by atoms with E-state index in [0.29, 0.717) is 11.7 Å². The van der Waals surface area contributed by atoms with E-state index in [9.17, 15) is 4.79 Å². The number of hydrogen-bond donors (Lipinski definition) is 2. The number of amides is 1. The van der Waals surface area contributed by atoms with Crippen molar-refractivity contribution in [1.29, 1.82) is 0 Å². The van der Waals surface area contributed by atoms with Crippen LogP contribution in [0, 0.1) is 5.92 Å². The Kier molecular flexibility index (Phi) is 8.65. The van der Waals surface area contributed by atoms with Gasteiger partial charge >= 0.3 is 11.8 Å². The minimum atomic E-state index is -0.325. The van der Waals surface area contributed by atoms with E-state index in [0.717, 1.165) is 80.8 Å². The maximum atomic E-state index is 12.8. The molecule has 13 heteroatoms. The summed E-state index contributed by atoms with van der Waals surface area (Å²) in [4.78, 5) is 36.1. The molecule has 4 aromatic rings. The molecule has 0 bridgehead atoms. The molecule has 4 aromatic heterocycles. The maximum Gasteiger partial charge on any atom is 0.315 e. The molecule has 0 saturated carbocycles. The molecule has 2 saturated heterocycles. The number of pyridine rings is 1. The number of piperidine rings is 1. The molecule has 12 nitrogen and oxygen atoms in total. The van der Waals surface area contributed by atoms with Crippen LogP contribution in [0.4, 0.5) is 11.8 Å². The quantitative estimate of drug-likeness (QED) is 0.343. The highest BCUT2D eigenvalue weighted by Gasteiger charge is 2.29. The normalized spacial score (nSPS) is 17.2. The van der Waals surface area contributed by atoms with E-state index < -0.39 is 0 Å². The van der Waals surface area contributed by atoms with Crippen LogP contribution in [0.15, 0.2) is 41.3 Å². The standard InChI is InChI=1S/C29H38N10O2.ClH/c1-19(33-25(40)26-35-27(36-41-26)29(2,3)4)20-7-12-38(13-8-20)28-34-22(17-24-31-11-16-39(24)28)21-5-6-23(32-18-21)37-14-9-30-10-15-37;/h5-6,11,16-20,30H,7-10,12-15H2,1-4H3,(H,33,40);1H/t19-;/m1./s1. The third-order valence-electron chi connectivity index (χ3n) is 8.04. The SMILES string of the molecule is C[C@@H](NC(=O)c1nc(C(C)(C)C)no1)C1CCN(c2nc(-c3ccc(N4CCNCC4)nc3)cc3nccn23)CC1.Cl. The zero-order valence-electron chi connectivity index (χ0n) is 24.6. The molecule has 0 radical (unpaired) electrons. The third-order valence-corrected chi connectivity index (χ3v) is 8.04. The number of rotatable bonds is 6. The molecule has 2 aliphatic rings. The van der Waals surface area contributed by atoms with Crippen molar-refractivity contribution in [1.82, 2.24) is 40.1 Å². The largest absolute Gasteiger partial charge is 0.354 e. The van der Waals surface area contributed by atoms with Crippen LogP contribution < -0.4 is 20.4 Å². The molecule has 6 heterocycles. The summed E-state index contributed by atoms with van der Waals surface area (Å²) in [6.07, 6.45) is 7.51. The number of nitrogens with one attached hydrogen (secondary N) is 2. The Morgan fingerprint density at radius 1 is 1.07 bits per heavy atom. The number of carbonyl (C=O) groups is 1. The second kappa shape index (κ2) is 12.2. The van der Waals surface area contributed by atoms with Gasteiger partial charge in [-0.2, -0.15) is 4.98 Å². The molecule has 0 aromatic carbocycles. The zero-order chi connectivity index (χ0) is 28.6. The summed E-state index contributed by atoms with van der Waals surface area (Å²) in [6.45, 7) is 13.5. The summed E-state index contributed by atoms with van der Waals surface area (Å²) in [5.74, 6) is 2.40. The summed E-state index contributed by atoms with van der Waals surface area (Å²) < 4.78 is 7.27. The number of halogens is 1. The first-order valence-corrected chi connectivity index (χ1v) is 14.4. The Morgan fingerprint density at radius 2 is 1.83 bits per heavy atom. The van der Waals surface area contributed by atoms with Crippen molar-refractivity contribution in [3.8, 4) is 11.3 Å².